The van der Waals surface area contributed by atoms with E-state index in [9.17, 15) is 4.79 Å². The number of ether oxygens (including phenoxy) is 1. The average molecular weight is 277 g/mol. The highest BCUT2D eigenvalue weighted by Gasteiger charge is 2.27. The molecule has 1 aromatic rings. The molecular formula is C15H23N3O2. The summed E-state index contributed by atoms with van der Waals surface area (Å²) in [6.07, 6.45) is 2.70. The van der Waals surface area contributed by atoms with Crippen molar-refractivity contribution in [3.8, 4) is 0 Å². The molecule has 20 heavy (non-hydrogen) atoms. The summed E-state index contributed by atoms with van der Waals surface area (Å²) in [7, 11) is 0. The second kappa shape index (κ2) is 6.11. The lowest BCUT2D eigenvalue weighted by molar-refractivity contribution is 0.0526. The first-order valence-corrected chi connectivity index (χ1v) is 7.20. The number of rotatable bonds is 3. The van der Waals surface area contributed by atoms with E-state index in [-0.39, 0.29) is 5.97 Å². The number of carbonyl (C=O) groups is 1. The first kappa shape index (κ1) is 14.6. The van der Waals surface area contributed by atoms with E-state index in [0.717, 1.165) is 19.5 Å². The topological polar surface area (TPSA) is 68.5 Å². The minimum Gasteiger partial charge on any atom is -0.462 e. The molecule has 5 nitrogen and oxygen atoms in total. The molecule has 2 rings (SSSR count). The summed E-state index contributed by atoms with van der Waals surface area (Å²) in [5.74, 6) is 1.62. The molecule has 0 spiro atoms. The Hall–Kier alpha value is -1.78. The molecule has 2 unspecified atom stereocenters. The van der Waals surface area contributed by atoms with Crippen molar-refractivity contribution < 1.29 is 9.53 Å². The van der Waals surface area contributed by atoms with Gasteiger partial charge in [-0.25, -0.2) is 9.78 Å². The lowest BCUT2D eigenvalue weighted by atomic mass is 9.88. The molecule has 2 atom stereocenters. The van der Waals surface area contributed by atoms with Gasteiger partial charge in [0.2, 0.25) is 0 Å². The van der Waals surface area contributed by atoms with Crippen molar-refractivity contribution in [3.05, 3.63) is 17.8 Å². The third-order valence-corrected chi connectivity index (χ3v) is 4.02. The lowest BCUT2D eigenvalue weighted by Crippen LogP contribution is -2.39. The summed E-state index contributed by atoms with van der Waals surface area (Å²) >= 11 is 0. The monoisotopic (exact) mass is 277 g/mol. The van der Waals surface area contributed by atoms with Gasteiger partial charge in [0.15, 0.2) is 0 Å². The molecule has 1 aliphatic heterocycles. The number of nitrogen functional groups attached to an aromatic ring is 1. The minimum atomic E-state index is -0.353. The van der Waals surface area contributed by atoms with Crippen LogP contribution in [0.15, 0.2) is 12.3 Å². The molecular weight excluding hydrogens is 254 g/mol. The Kier molecular flexibility index (Phi) is 4.47. The number of esters is 1. The molecule has 110 valence electrons. The zero-order valence-electron chi connectivity index (χ0n) is 12.4. The number of hydrogen-bond acceptors (Lipinski definition) is 5. The van der Waals surface area contributed by atoms with E-state index in [1.807, 2.05) is 0 Å². The second-order valence-corrected chi connectivity index (χ2v) is 5.55. The highest BCUT2D eigenvalue weighted by molar-refractivity contribution is 5.95. The van der Waals surface area contributed by atoms with Crippen LogP contribution in [0.1, 0.15) is 37.6 Å². The fourth-order valence-electron chi connectivity index (χ4n) is 2.54. The van der Waals surface area contributed by atoms with Crippen LogP contribution in [0.3, 0.4) is 0 Å². The first-order valence-electron chi connectivity index (χ1n) is 7.20. The maximum absolute atomic E-state index is 12.1. The van der Waals surface area contributed by atoms with E-state index in [2.05, 4.69) is 23.7 Å². The summed E-state index contributed by atoms with van der Waals surface area (Å²) in [5.41, 5.74) is 6.70. The number of pyridine rings is 1. The van der Waals surface area contributed by atoms with E-state index in [0.29, 0.717) is 35.5 Å². The number of anilines is 2. The van der Waals surface area contributed by atoms with Gasteiger partial charge in [-0.3, -0.25) is 0 Å². The van der Waals surface area contributed by atoms with E-state index in [1.54, 1.807) is 19.2 Å². The van der Waals surface area contributed by atoms with Crippen LogP contribution in [0.4, 0.5) is 11.5 Å². The van der Waals surface area contributed by atoms with Crippen LogP contribution in [-0.4, -0.2) is 30.6 Å². The van der Waals surface area contributed by atoms with Crippen LogP contribution >= 0.6 is 0 Å². The molecule has 0 amide bonds. The van der Waals surface area contributed by atoms with E-state index in [4.69, 9.17) is 10.5 Å². The molecule has 2 heterocycles. The molecule has 0 saturated carbocycles. The van der Waals surface area contributed by atoms with Gasteiger partial charge in [-0.05, 0) is 31.2 Å². The smallest absolute Gasteiger partial charge is 0.341 e. The third-order valence-electron chi connectivity index (χ3n) is 4.02. The second-order valence-electron chi connectivity index (χ2n) is 5.55. The van der Waals surface area contributed by atoms with Crippen molar-refractivity contribution in [2.24, 2.45) is 11.8 Å². The Bertz CT molecular complexity index is 490. The Morgan fingerprint density at radius 2 is 2.25 bits per heavy atom. The van der Waals surface area contributed by atoms with Crippen molar-refractivity contribution in [1.29, 1.82) is 0 Å². The number of aromatic nitrogens is 1. The van der Waals surface area contributed by atoms with Crippen LogP contribution in [0.25, 0.3) is 0 Å². The van der Waals surface area contributed by atoms with E-state index < -0.39 is 0 Å². The van der Waals surface area contributed by atoms with Crippen molar-refractivity contribution in [3.63, 3.8) is 0 Å². The van der Waals surface area contributed by atoms with Crippen LogP contribution in [-0.2, 0) is 4.74 Å². The van der Waals surface area contributed by atoms with Crippen molar-refractivity contribution >= 4 is 17.5 Å². The molecule has 0 aromatic carbocycles. The summed E-state index contributed by atoms with van der Waals surface area (Å²) in [6, 6.07) is 1.66. The fraction of sp³-hybridized carbons (Fsp3) is 0.600. The van der Waals surface area contributed by atoms with Gasteiger partial charge in [0.05, 0.1) is 18.5 Å². The zero-order chi connectivity index (χ0) is 14.7. The lowest BCUT2D eigenvalue weighted by Gasteiger charge is -2.36. The average Bonchev–Trinajstić information content (AvgIpc) is 2.42. The Labute approximate surface area is 120 Å². The number of hydrogen-bond donors (Lipinski definition) is 1. The van der Waals surface area contributed by atoms with Gasteiger partial charge in [0, 0.05) is 13.1 Å². The van der Waals surface area contributed by atoms with E-state index in [1.165, 1.54) is 0 Å². The normalized spacial score (nSPS) is 22.6. The van der Waals surface area contributed by atoms with Gasteiger partial charge in [-0.15, -0.1) is 0 Å². The number of nitrogens with zero attached hydrogens (tertiary/aromatic N) is 2. The molecule has 0 aliphatic carbocycles. The minimum absolute atomic E-state index is 0.348. The molecule has 1 saturated heterocycles. The third kappa shape index (κ3) is 3.03. The van der Waals surface area contributed by atoms with Gasteiger partial charge >= 0.3 is 5.97 Å². The van der Waals surface area contributed by atoms with Gasteiger partial charge < -0.3 is 15.4 Å². The van der Waals surface area contributed by atoms with E-state index >= 15 is 0 Å². The van der Waals surface area contributed by atoms with Crippen LogP contribution in [0.2, 0.25) is 0 Å². The van der Waals surface area contributed by atoms with Crippen molar-refractivity contribution in [1.82, 2.24) is 4.98 Å². The molecule has 0 radical (unpaired) electrons. The highest BCUT2D eigenvalue weighted by atomic mass is 16.5. The van der Waals surface area contributed by atoms with Gasteiger partial charge in [-0.2, -0.15) is 0 Å². The number of nitrogens with two attached hydrogens (primary N) is 1. The summed E-state index contributed by atoms with van der Waals surface area (Å²) in [6.45, 7) is 8.46. The largest absolute Gasteiger partial charge is 0.462 e. The fourth-order valence-corrected chi connectivity index (χ4v) is 2.54. The highest BCUT2D eigenvalue weighted by Crippen LogP contribution is 2.29. The van der Waals surface area contributed by atoms with Gasteiger partial charge in [-0.1, -0.05) is 13.8 Å². The summed E-state index contributed by atoms with van der Waals surface area (Å²) in [5, 5.41) is 0. The maximum Gasteiger partial charge on any atom is 0.341 e. The standard InChI is InChI=1S/C15H23N3O2/c1-4-20-15(19)13-7-12(16)8-17-14(13)18-6-5-10(2)11(3)9-18/h7-8,10-11H,4-6,9,16H2,1-3H3. The van der Waals surface area contributed by atoms with Crippen molar-refractivity contribution in [2.75, 3.05) is 30.3 Å². The maximum atomic E-state index is 12.1. The van der Waals surface area contributed by atoms with Crippen LogP contribution < -0.4 is 10.6 Å². The predicted octanol–water partition coefficient (Wildman–Crippen LogP) is 2.32. The molecule has 5 heteroatoms. The molecule has 0 bridgehead atoms. The Balaban J connectivity index is 2.29. The summed E-state index contributed by atoms with van der Waals surface area (Å²) in [4.78, 5) is 18.6. The molecule has 1 aliphatic rings. The van der Waals surface area contributed by atoms with Gasteiger partial charge in [0.25, 0.3) is 0 Å². The molecule has 1 fully saturated rings. The molecule has 1 aromatic heterocycles. The van der Waals surface area contributed by atoms with Gasteiger partial charge in [0.1, 0.15) is 11.4 Å². The Morgan fingerprint density at radius 1 is 1.50 bits per heavy atom. The number of carbonyl (C=O) groups excluding carboxylic acids is 1. The SMILES string of the molecule is CCOC(=O)c1cc(N)cnc1N1CCC(C)C(C)C1. The van der Waals surface area contributed by atoms with Crippen LogP contribution in [0.5, 0.6) is 0 Å². The number of piperidine rings is 1. The van der Waals surface area contributed by atoms with Crippen molar-refractivity contribution in [2.45, 2.75) is 27.2 Å². The zero-order valence-corrected chi connectivity index (χ0v) is 12.4. The molecule has 2 N–H and O–H groups in total. The quantitative estimate of drug-likeness (QED) is 0.859. The predicted molar refractivity (Wildman–Crippen MR) is 79.8 cm³/mol. The van der Waals surface area contributed by atoms with Crippen LogP contribution in [0, 0.1) is 11.8 Å². The first-order chi connectivity index (χ1) is 9.52. The summed E-state index contributed by atoms with van der Waals surface area (Å²) < 4.78 is 5.10. The Morgan fingerprint density at radius 3 is 2.90 bits per heavy atom.